The Hall–Kier alpha value is -2.84. The van der Waals surface area contributed by atoms with Crippen molar-refractivity contribution >= 4 is 21.5 Å². The topological polar surface area (TPSA) is 47.6 Å². The summed E-state index contributed by atoms with van der Waals surface area (Å²) in [4.78, 5) is 0. The molecule has 0 radical (unpaired) electrons. The van der Waals surface area contributed by atoms with Gasteiger partial charge in [-0.05, 0) is 22.9 Å². The van der Waals surface area contributed by atoms with E-state index in [2.05, 4.69) is 12.1 Å². The first-order valence-electron chi connectivity index (χ1n) is 5.60. The first kappa shape index (κ1) is 10.3. The molecule has 0 spiro atoms. The Morgan fingerprint density at radius 2 is 1.56 bits per heavy atom. The molecule has 3 rings (SSSR count). The monoisotopic (exact) mass is 228 g/mol. The Morgan fingerprint density at radius 1 is 0.778 bits per heavy atom. The van der Waals surface area contributed by atoms with Gasteiger partial charge >= 0.3 is 0 Å². The van der Waals surface area contributed by atoms with Gasteiger partial charge in [0.15, 0.2) is 0 Å². The molecule has 3 aromatic carbocycles. The lowest BCUT2D eigenvalue weighted by Gasteiger charge is -2.06. The Morgan fingerprint density at radius 3 is 2.33 bits per heavy atom. The van der Waals surface area contributed by atoms with Crippen LogP contribution in [-0.4, -0.2) is 0 Å². The van der Waals surface area contributed by atoms with E-state index in [0.29, 0.717) is 11.1 Å². The number of benzene rings is 3. The molecule has 3 aromatic rings. The molecule has 0 saturated heterocycles. The molecule has 0 fully saturated rings. The first-order chi connectivity index (χ1) is 8.85. The lowest BCUT2D eigenvalue weighted by Crippen LogP contribution is -1.87. The smallest absolute Gasteiger partial charge is 0.100 e. The molecular formula is C16H8N2. The van der Waals surface area contributed by atoms with Crippen molar-refractivity contribution in [2.24, 2.45) is 0 Å². The van der Waals surface area contributed by atoms with Crippen molar-refractivity contribution in [3.63, 3.8) is 0 Å². The van der Waals surface area contributed by atoms with Crippen LogP contribution in [0.25, 0.3) is 21.5 Å². The van der Waals surface area contributed by atoms with Crippen molar-refractivity contribution < 1.29 is 0 Å². The number of nitrogens with zero attached hydrogens (tertiary/aromatic N) is 2. The summed E-state index contributed by atoms with van der Waals surface area (Å²) in [6.07, 6.45) is 0. The van der Waals surface area contributed by atoms with Gasteiger partial charge in [-0.15, -0.1) is 0 Å². The second-order valence-corrected chi connectivity index (χ2v) is 4.10. The van der Waals surface area contributed by atoms with Gasteiger partial charge in [0.1, 0.15) is 6.07 Å². The molecule has 0 aliphatic rings. The van der Waals surface area contributed by atoms with E-state index in [9.17, 15) is 5.26 Å². The third-order valence-electron chi connectivity index (χ3n) is 3.12. The fraction of sp³-hybridized carbons (Fsp3) is 0. The highest BCUT2D eigenvalue weighted by Crippen LogP contribution is 2.29. The van der Waals surface area contributed by atoms with E-state index in [1.807, 2.05) is 42.5 Å². The Balaban J connectivity index is 2.66. The predicted octanol–water partition coefficient (Wildman–Crippen LogP) is 3.74. The largest absolute Gasteiger partial charge is 0.192 e. The lowest BCUT2D eigenvalue weighted by atomic mass is 9.94. The van der Waals surface area contributed by atoms with Crippen LogP contribution in [0.5, 0.6) is 0 Å². The average molecular weight is 228 g/mol. The summed E-state index contributed by atoms with van der Waals surface area (Å²) in [6, 6.07) is 19.7. The zero-order valence-electron chi connectivity index (χ0n) is 9.51. The Kier molecular flexibility index (Phi) is 2.22. The molecule has 0 unspecified atom stereocenters. The van der Waals surface area contributed by atoms with Crippen molar-refractivity contribution in [2.75, 3.05) is 0 Å². The van der Waals surface area contributed by atoms with E-state index in [0.717, 1.165) is 21.5 Å². The molecule has 0 heterocycles. The number of hydrogen-bond donors (Lipinski definition) is 0. The van der Waals surface area contributed by atoms with Gasteiger partial charge in [-0.3, -0.25) is 0 Å². The lowest BCUT2D eigenvalue weighted by molar-refractivity contribution is 1.49. The second kappa shape index (κ2) is 3.87. The van der Waals surface area contributed by atoms with Gasteiger partial charge < -0.3 is 0 Å². The van der Waals surface area contributed by atoms with Crippen molar-refractivity contribution in [1.82, 2.24) is 0 Å². The van der Waals surface area contributed by atoms with E-state index in [4.69, 9.17) is 5.26 Å². The van der Waals surface area contributed by atoms with Crippen LogP contribution in [0.4, 0.5) is 0 Å². The number of nitriles is 2. The van der Waals surface area contributed by atoms with Crippen LogP contribution in [0.1, 0.15) is 11.1 Å². The summed E-state index contributed by atoms with van der Waals surface area (Å²) in [5, 5.41) is 22.2. The summed E-state index contributed by atoms with van der Waals surface area (Å²) >= 11 is 0. The highest BCUT2D eigenvalue weighted by Gasteiger charge is 2.10. The van der Waals surface area contributed by atoms with Crippen molar-refractivity contribution in [2.45, 2.75) is 0 Å². The van der Waals surface area contributed by atoms with Gasteiger partial charge in [0.05, 0.1) is 17.2 Å². The van der Waals surface area contributed by atoms with E-state index in [-0.39, 0.29) is 0 Å². The minimum Gasteiger partial charge on any atom is -0.192 e. The molecule has 2 nitrogen and oxygen atoms in total. The molecule has 0 saturated carbocycles. The van der Waals surface area contributed by atoms with Gasteiger partial charge in [0.25, 0.3) is 0 Å². The second-order valence-electron chi connectivity index (χ2n) is 4.10. The number of rotatable bonds is 0. The van der Waals surface area contributed by atoms with Gasteiger partial charge in [-0.25, -0.2) is 0 Å². The first-order valence-corrected chi connectivity index (χ1v) is 5.60. The molecule has 0 bridgehead atoms. The molecule has 0 amide bonds. The summed E-state index contributed by atoms with van der Waals surface area (Å²) in [7, 11) is 0. The van der Waals surface area contributed by atoms with Crippen LogP contribution < -0.4 is 0 Å². The van der Waals surface area contributed by atoms with Crippen LogP contribution in [0.3, 0.4) is 0 Å². The summed E-state index contributed by atoms with van der Waals surface area (Å²) in [5.41, 5.74) is 1.13. The molecule has 0 aliphatic heterocycles. The van der Waals surface area contributed by atoms with Gasteiger partial charge in [-0.2, -0.15) is 10.5 Å². The van der Waals surface area contributed by atoms with Crippen molar-refractivity contribution in [1.29, 1.82) is 10.5 Å². The van der Waals surface area contributed by atoms with Gasteiger partial charge in [0.2, 0.25) is 0 Å². The number of hydrogen-bond acceptors (Lipinski definition) is 2. The molecule has 0 N–H and O–H groups in total. The third kappa shape index (κ3) is 1.34. The zero-order valence-corrected chi connectivity index (χ0v) is 9.51. The molecule has 0 aromatic heterocycles. The average Bonchev–Trinajstić information content (AvgIpc) is 2.44. The van der Waals surface area contributed by atoms with Crippen LogP contribution in [0.15, 0.2) is 48.5 Å². The van der Waals surface area contributed by atoms with Gasteiger partial charge in [0, 0.05) is 10.8 Å². The normalized spacial score (nSPS) is 10.1. The van der Waals surface area contributed by atoms with Crippen LogP contribution in [0.2, 0.25) is 0 Å². The quantitative estimate of drug-likeness (QED) is 0.550. The fourth-order valence-corrected chi connectivity index (χ4v) is 2.33. The molecule has 82 valence electrons. The molecule has 0 aliphatic carbocycles. The Labute approximate surface area is 104 Å². The van der Waals surface area contributed by atoms with E-state index in [1.165, 1.54) is 0 Å². The SMILES string of the molecule is N#Cc1cccc2cc3ccccc3c(C#N)c12. The highest BCUT2D eigenvalue weighted by molar-refractivity contribution is 6.06. The summed E-state index contributed by atoms with van der Waals surface area (Å²) in [6.45, 7) is 0. The van der Waals surface area contributed by atoms with Crippen LogP contribution >= 0.6 is 0 Å². The predicted molar refractivity (Wildman–Crippen MR) is 70.9 cm³/mol. The maximum absolute atomic E-state index is 9.39. The minimum absolute atomic E-state index is 0.551. The number of fused-ring (bicyclic) bond motifs is 2. The molecular weight excluding hydrogens is 220 g/mol. The van der Waals surface area contributed by atoms with Crippen LogP contribution in [-0.2, 0) is 0 Å². The molecule has 2 heteroatoms. The summed E-state index contributed by atoms with van der Waals surface area (Å²) in [5.74, 6) is 0. The van der Waals surface area contributed by atoms with Gasteiger partial charge in [-0.1, -0.05) is 36.4 Å². The fourth-order valence-electron chi connectivity index (χ4n) is 2.33. The maximum atomic E-state index is 9.39. The zero-order chi connectivity index (χ0) is 12.5. The third-order valence-corrected chi connectivity index (χ3v) is 3.12. The van der Waals surface area contributed by atoms with E-state index < -0.39 is 0 Å². The molecule has 0 atom stereocenters. The van der Waals surface area contributed by atoms with Crippen LogP contribution in [0, 0.1) is 22.7 Å². The minimum atomic E-state index is 0.551. The highest BCUT2D eigenvalue weighted by atomic mass is 14.3. The van der Waals surface area contributed by atoms with Crippen molar-refractivity contribution in [3.8, 4) is 12.1 Å². The van der Waals surface area contributed by atoms with Crippen molar-refractivity contribution in [3.05, 3.63) is 59.7 Å². The van der Waals surface area contributed by atoms with E-state index in [1.54, 1.807) is 6.07 Å². The summed E-state index contributed by atoms with van der Waals surface area (Å²) < 4.78 is 0. The Bertz CT molecular complexity index is 848. The van der Waals surface area contributed by atoms with E-state index >= 15 is 0 Å². The standard InChI is InChI=1S/C16H8N2/c17-9-13-6-3-5-12-8-11-4-1-2-7-14(11)15(10-18)16(12)13/h1-8H. The maximum Gasteiger partial charge on any atom is 0.100 e. The molecule has 18 heavy (non-hydrogen) atoms.